The smallest absolute Gasteiger partial charge is 0.286 e. The number of amides is 2. The fraction of sp³-hybridized carbons (Fsp3) is 0.480. The summed E-state index contributed by atoms with van der Waals surface area (Å²) in [5.74, 6) is -1.49. The number of ketones is 1. The molecule has 2 heterocycles. The summed E-state index contributed by atoms with van der Waals surface area (Å²) in [5.41, 5.74) is 1.53. The first-order valence-electron chi connectivity index (χ1n) is 12.1. The topological polar surface area (TPSA) is 140 Å². The van der Waals surface area contributed by atoms with Crippen molar-refractivity contribution in [3.8, 4) is 0 Å². The number of aromatic nitrogens is 4. The van der Waals surface area contributed by atoms with Crippen LogP contribution in [-0.4, -0.2) is 56.1 Å². The van der Waals surface area contributed by atoms with Crippen molar-refractivity contribution in [2.45, 2.75) is 63.3 Å². The third-order valence-corrected chi connectivity index (χ3v) is 6.75. The quantitative estimate of drug-likeness (QED) is 0.327. The van der Waals surface area contributed by atoms with Gasteiger partial charge in [0.05, 0.1) is 29.2 Å². The number of fused-ring (bicyclic) bond motifs is 1. The van der Waals surface area contributed by atoms with Gasteiger partial charge in [-0.2, -0.15) is 0 Å². The molecule has 4 rings (SSSR count). The van der Waals surface area contributed by atoms with Crippen LogP contribution in [0.3, 0.4) is 0 Å². The number of thioether (sulfide) groups is 1. The van der Waals surface area contributed by atoms with Gasteiger partial charge in [-0.1, -0.05) is 50.6 Å². The molecule has 2 aromatic heterocycles. The maximum Gasteiger partial charge on any atom is 0.286 e. The standard InChI is InChI=1S/C25H30N6O4S/c1-14(2)12-19(21(32)24-30-31-25(35-24)36-3)29-22(33)15-8-4-5-9-16(15)28-23(34)20-13-26-17-10-6-7-11-18(17)27-20/h6-7,10-11,13-16,19H,4-5,8-9,12H2,1-3H3,(H,28,34)(H,29,33)/t15-,16+,19+/m1/s1. The maximum atomic E-state index is 13.4. The van der Waals surface area contributed by atoms with Crippen molar-refractivity contribution in [2.75, 3.05) is 6.26 Å². The third kappa shape index (κ3) is 6.07. The Bertz CT molecular complexity index is 1250. The Labute approximate surface area is 213 Å². The van der Waals surface area contributed by atoms with Gasteiger partial charge in [0.2, 0.25) is 11.7 Å². The van der Waals surface area contributed by atoms with Gasteiger partial charge in [0.25, 0.3) is 17.0 Å². The van der Waals surface area contributed by atoms with E-state index < -0.39 is 17.7 Å². The lowest BCUT2D eigenvalue weighted by Crippen LogP contribution is -2.52. The molecule has 0 bridgehead atoms. The molecule has 2 amide bonds. The fourth-order valence-corrected chi connectivity index (χ4v) is 4.73. The zero-order valence-electron chi connectivity index (χ0n) is 20.6. The van der Waals surface area contributed by atoms with E-state index in [1.807, 2.05) is 32.0 Å². The average molecular weight is 511 g/mol. The van der Waals surface area contributed by atoms with Gasteiger partial charge in [0.15, 0.2) is 0 Å². The van der Waals surface area contributed by atoms with Gasteiger partial charge < -0.3 is 15.1 Å². The van der Waals surface area contributed by atoms with Crippen LogP contribution in [0.4, 0.5) is 0 Å². The molecule has 0 spiro atoms. The van der Waals surface area contributed by atoms with Crippen LogP contribution in [-0.2, 0) is 4.79 Å². The van der Waals surface area contributed by atoms with Crippen molar-refractivity contribution < 1.29 is 18.8 Å². The number of para-hydroxylation sites is 2. The molecule has 3 aromatic rings. The minimum atomic E-state index is -0.794. The van der Waals surface area contributed by atoms with E-state index in [0.29, 0.717) is 35.5 Å². The fourth-order valence-electron chi connectivity index (χ4n) is 4.45. The molecule has 1 aromatic carbocycles. The summed E-state index contributed by atoms with van der Waals surface area (Å²) < 4.78 is 5.41. The highest BCUT2D eigenvalue weighted by Gasteiger charge is 2.35. The molecule has 1 fully saturated rings. The summed E-state index contributed by atoms with van der Waals surface area (Å²) >= 11 is 1.24. The van der Waals surface area contributed by atoms with Crippen LogP contribution in [0, 0.1) is 11.8 Å². The van der Waals surface area contributed by atoms with Gasteiger partial charge in [0, 0.05) is 6.04 Å². The van der Waals surface area contributed by atoms with Gasteiger partial charge in [-0.15, -0.1) is 10.2 Å². The van der Waals surface area contributed by atoms with Crippen molar-refractivity contribution in [3.05, 3.63) is 42.0 Å². The van der Waals surface area contributed by atoms with Gasteiger partial charge in [-0.05, 0) is 43.6 Å². The lowest BCUT2D eigenvalue weighted by molar-refractivity contribution is -0.127. The van der Waals surface area contributed by atoms with Crippen molar-refractivity contribution in [3.63, 3.8) is 0 Å². The Hall–Kier alpha value is -3.34. The number of nitrogens with zero attached hydrogens (tertiary/aromatic N) is 4. The number of Topliss-reactive ketones (excluding diaryl/α,β-unsaturated/α-hetero) is 1. The van der Waals surface area contributed by atoms with Crippen LogP contribution >= 0.6 is 11.8 Å². The Balaban J connectivity index is 1.47. The summed E-state index contributed by atoms with van der Waals surface area (Å²) in [6.07, 6.45) is 6.68. The predicted octanol–water partition coefficient (Wildman–Crippen LogP) is 3.44. The van der Waals surface area contributed by atoms with Crippen LogP contribution in [0.2, 0.25) is 0 Å². The molecular weight excluding hydrogens is 480 g/mol. The van der Waals surface area contributed by atoms with Crippen molar-refractivity contribution in [1.29, 1.82) is 0 Å². The van der Waals surface area contributed by atoms with E-state index in [0.717, 1.165) is 12.8 Å². The van der Waals surface area contributed by atoms with E-state index >= 15 is 0 Å². The molecule has 0 saturated heterocycles. The normalized spacial score (nSPS) is 18.7. The molecule has 36 heavy (non-hydrogen) atoms. The van der Waals surface area contributed by atoms with Crippen LogP contribution in [0.1, 0.15) is 67.1 Å². The zero-order valence-corrected chi connectivity index (χ0v) is 21.4. The molecule has 190 valence electrons. The van der Waals surface area contributed by atoms with E-state index in [2.05, 4.69) is 30.8 Å². The molecule has 3 atom stereocenters. The van der Waals surface area contributed by atoms with Crippen molar-refractivity contribution in [1.82, 2.24) is 30.8 Å². The van der Waals surface area contributed by atoms with Gasteiger partial charge >= 0.3 is 0 Å². The second-order valence-corrected chi connectivity index (χ2v) is 10.1. The average Bonchev–Trinajstić information content (AvgIpc) is 3.37. The number of hydrogen-bond donors (Lipinski definition) is 2. The lowest BCUT2D eigenvalue weighted by atomic mass is 9.83. The number of hydrogen-bond acceptors (Lipinski definition) is 9. The predicted molar refractivity (Wildman–Crippen MR) is 135 cm³/mol. The molecule has 11 heteroatoms. The van der Waals surface area contributed by atoms with Crippen LogP contribution in [0.15, 0.2) is 40.1 Å². The lowest BCUT2D eigenvalue weighted by Gasteiger charge is -2.32. The zero-order chi connectivity index (χ0) is 25.7. The number of rotatable bonds is 9. The number of carbonyl (C=O) groups is 3. The van der Waals surface area contributed by atoms with E-state index in [-0.39, 0.29) is 35.4 Å². The minimum absolute atomic E-state index is 0.117. The molecule has 0 aliphatic heterocycles. The largest absolute Gasteiger partial charge is 0.408 e. The van der Waals surface area contributed by atoms with E-state index in [1.54, 1.807) is 12.3 Å². The second kappa shape index (κ2) is 11.6. The maximum absolute atomic E-state index is 13.4. The van der Waals surface area contributed by atoms with Crippen molar-refractivity contribution in [2.24, 2.45) is 11.8 Å². The highest BCUT2D eigenvalue weighted by molar-refractivity contribution is 7.98. The summed E-state index contributed by atoms with van der Waals surface area (Å²) in [4.78, 5) is 48.2. The first-order valence-corrected chi connectivity index (χ1v) is 13.3. The Morgan fingerprint density at radius 3 is 2.58 bits per heavy atom. The van der Waals surface area contributed by atoms with Gasteiger partial charge in [-0.3, -0.25) is 19.4 Å². The summed E-state index contributed by atoms with van der Waals surface area (Å²) in [5, 5.41) is 13.9. The molecule has 1 saturated carbocycles. The molecule has 1 aliphatic rings. The Morgan fingerprint density at radius 1 is 1.11 bits per heavy atom. The highest BCUT2D eigenvalue weighted by Crippen LogP contribution is 2.26. The Kier molecular flexibility index (Phi) is 8.29. The third-order valence-electron chi connectivity index (χ3n) is 6.23. The van der Waals surface area contributed by atoms with E-state index in [1.165, 1.54) is 18.0 Å². The first kappa shape index (κ1) is 25.7. The number of carbonyl (C=O) groups excluding carboxylic acids is 3. The Morgan fingerprint density at radius 2 is 1.86 bits per heavy atom. The summed E-state index contributed by atoms with van der Waals surface area (Å²) in [6.45, 7) is 3.95. The second-order valence-electron chi connectivity index (χ2n) is 9.35. The number of nitrogens with one attached hydrogen (secondary N) is 2. The first-order chi connectivity index (χ1) is 17.4. The highest BCUT2D eigenvalue weighted by atomic mass is 32.2. The minimum Gasteiger partial charge on any atom is -0.408 e. The van der Waals surface area contributed by atoms with E-state index in [4.69, 9.17) is 4.42 Å². The van der Waals surface area contributed by atoms with Crippen molar-refractivity contribution >= 4 is 40.4 Å². The molecule has 10 nitrogen and oxygen atoms in total. The van der Waals surface area contributed by atoms with Crippen LogP contribution in [0.25, 0.3) is 11.0 Å². The number of benzene rings is 1. The SMILES string of the molecule is CSc1nnc(C(=O)[C@H](CC(C)C)NC(=O)[C@@H]2CCCC[C@@H]2NC(=O)c2cnc3ccccc3n2)o1. The van der Waals surface area contributed by atoms with Crippen LogP contribution in [0.5, 0.6) is 0 Å². The summed E-state index contributed by atoms with van der Waals surface area (Å²) in [6, 6.07) is 6.16. The van der Waals surface area contributed by atoms with Gasteiger partial charge in [0.1, 0.15) is 5.69 Å². The monoisotopic (exact) mass is 510 g/mol. The summed E-state index contributed by atoms with van der Waals surface area (Å²) in [7, 11) is 0. The molecule has 0 radical (unpaired) electrons. The molecule has 2 N–H and O–H groups in total. The van der Waals surface area contributed by atoms with Crippen LogP contribution < -0.4 is 10.6 Å². The van der Waals surface area contributed by atoms with Gasteiger partial charge in [-0.25, -0.2) is 4.98 Å². The van der Waals surface area contributed by atoms with E-state index in [9.17, 15) is 14.4 Å². The molecular formula is C25H30N6O4S. The molecule has 1 aliphatic carbocycles. The molecule has 0 unspecified atom stereocenters.